The standard InChI is InChI=1S/C23H24ClN5O2S/c1-3-11-32-23-27-22-26-14(2)19(21(25)30)20(29(22)28-23)15-8-6-9-17(12-15)31-13-16-7-4-5-10-18(16)24/h4-10,12,20H,3,11,13H2,1-2H3,(H2,25,30)(H,26,27,28). The Hall–Kier alpha value is -2.97. The van der Waals surface area contributed by atoms with Gasteiger partial charge in [0.15, 0.2) is 0 Å². The van der Waals surface area contributed by atoms with E-state index in [1.807, 2.05) is 55.5 Å². The quantitative estimate of drug-likeness (QED) is 0.461. The number of nitrogens with two attached hydrogens (primary N) is 1. The minimum Gasteiger partial charge on any atom is -0.489 e. The highest BCUT2D eigenvalue weighted by Crippen LogP contribution is 2.37. The highest BCUT2D eigenvalue weighted by atomic mass is 35.5. The number of amides is 1. The molecule has 0 saturated heterocycles. The molecule has 0 aliphatic carbocycles. The highest BCUT2D eigenvalue weighted by Gasteiger charge is 2.33. The lowest BCUT2D eigenvalue weighted by Gasteiger charge is -2.27. The van der Waals surface area contributed by atoms with Crippen molar-refractivity contribution in [3.05, 3.63) is 76.0 Å². The molecular formula is C23H24ClN5O2S. The highest BCUT2D eigenvalue weighted by molar-refractivity contribution is 7.99. The number of fused-ring (bicyclic) bond motifs is 1. The zero-order valence-corrected chi connectivity index (χ0v) is 19.4. The molecule has 2 aromatic carbocycles. The van der Waals surface area contributed by atoms with Gasteiger partial charge in [-0.1, -0.05) is 60.6 Å². The van der Waals surface area contributed by atoms with Crippen LogP contribution in [0.15, 0.2) is 65.0 Å². The van der Waals surface area contributed by atoms with E-state index in [9.17, 15) is 4.79 Å². The fourth-order valence-corrected chi connectivity index (χ4v) is 4.44. The third-order valence-electron chi connectivity index (χ3n) is 5.06. The number of hydrogen-bond donors (Lipinski definition) is 2. The number of allylic oxidation sites excluding steroid dienone is 1. The molecule has 0 saturated carbocycles. The molecule has 1 amide bonds. The second-order valence-corrected chi connectivity index (χ2v) is 8.86. The van der Waals surface area contributed by atoms with Gasteiger partial charge in [-0.3, -0.25) is 4.79 Å². The second-order valence-electron chi connectivity index (χ2n) is 7.39. The van der Waals surface area contributed by atoms with Crippen LogP contribution in [0.3, 0.4) is 0 Å². The summed E-state index contributed by atoms with van der Waals surface area (Å²) in [7, 11) is 0. The molecule has 1 aromatic heterocycles. The fourth-order valence-electron chi connectivity index (χ4n) is 3.56. The van der Waals surface area contributed by atoms with Crippen LogP contribution in [0, 0.1) is 0 Å². The van der Waals surface area contributed by atoms with Crippen molar-refractivity contribution in [1.82, 2.24) is 14.8 Å². The number of anilines is 1. The molecule has 32 heavy (non-hydrogen) atoms. The van der Waals surface area contributed by atoms with Crippen molar-refractivity contribution < 1.29 is 9.53 Å². The number of primary amides is 1. The maximum Gasteiger partial charge on any atom is 0.248 e. The van der Waals surface area contributed by atoms with Crippen LogP contribution < -0.4 is 15.8 Å². The van der Waals surface area contributed by atoms with Gasteiger partial charge in [-0.05, 0) is 37.1 Å². The van der Waals surface area contributed by atoms with Crippen molar-refractivity contribution >= 4 is 35.2 Å². The summed E-state index contributed by atoms with van der Waals surface area (Å²) < 4.78 is 7.71. The van der Waals surface area contributed by atoms with Gasteiger partial charge in [0.2, 0.25) is 17.0 Å². The number of rotatable bonds is 8. The van der Waals surface area contributed by atoms with E-state index in [2.05, 4.69) is 22.3 Å². The molecule has 1 aliphatic rings. The molecular weight excluding hydrogens is 446 g/mol. The number of benzene rings is 2. The van der Waals surface area contributed by atoms with E-state index in [-0.39, 0.29) is 0 Å². The van der Waals surface area contributed by atoms with Gasteiger partial charge >= 0.3 is 0 Å². The molecule has 0 fully saturated rings. The summed E-state index contributed by atoms with van der Waals surface area (Å²) in [5.74, 6) is 1.64. The number of carbonyl (C=O) groups is 1. The summed E-state index contributed by atoms with van der Waals surface area (Å²) in [5, 5.41) is 9.13. The number of nitrogens with one attached hydrogen (secondary N) is 1. The number of carbonyl (C=O) groups excluding carboxylic acids is 1. The van der Waals surface area contributed by atoms with E-state index in [4.69, 9.17) is 22.1 Å². The molecule has 3 aromatic rings. The molecule has 1 atom stereocenters. The third-order valence-corrected chi connectivity index (χ3v) is 6.47. The monoisotopic (exact) mass is 469 g/mol. The average Bonchev–Trinajstić information content (AvgIpc) is 3.18. The Kier molecular flexibility index (Phi) is 6.72. The van der Waals surface area contributed by atoms with E-state index in [1.54, 1.807) is 16.4 Å². The predicted octanol–water partition coefficient (Wildman–Crippen LogP) is 4.79. The van der Waals surface area contributed by atoms with Gasteiger partial charge in [0, 0.05) is 22.0 Å². The first kappa shape index (κ1) is 22.2. The smallest absolute Gasteiger partial charge is 0.248 e. The van der Waals surface area contributed by atoms with E-state index in [1.165, 1.54) is 0 Å². The molecule has 2 heterocycles. The van der Waals surface area contributed by atoms with Crippen LogP contribution >= 0.6 is 23.4 Å². The van der Waals surface area contributed by atoms with Crippen molar-refractivity contribution in [3.8, 4) is 5.75 Å². The van der Waals surface area contributed by atoms with Crippen molar-refractivity contribution in [3.63, 3.8) is 0 Å². The Bertz CT molecular complexity index is 1180. The van der Waals surface area contributed by atoms with Crippen LogP contribution in [0.1, 0.15) is 37.4 Å². The number of hydrogen-bond acceptors (Lipinski definition) is 6. The summed E-state index contributed by atoms with van der Waals surface area (Å²) in [6.07, 6.45) is 1.01. The molecule has 1 aliphatic heterocycles. The lowest BCUT2D eigenvalue weighted by molar-refractivity contribution is -0.115. The predicted molar refractivity (Wildman–Crippen MR) is 127 cm³/mol. The van der Waals surface area contributed by atoms with Crippen LogP contribution in [-0.2, 0) is 11.4 Å². The van der Waals surface area contributed by atoms with Gasteiger partial charge in [0.05, 0.1) is 5.57 Å². The van der Waals surface area contributed by atoms with Crippen LogP contribution in [0.5, 0.6) is 5.75 Å². The zero-order chi connectivity index (χ0) is 22.7. The first-order valence-corrected chi connectivity index (χ1v) is 11.7. The summed E-state index contributed by atoms with van der Waals surface area (Å²) in [4.78, 5) is 17.0. The van der Waals surface area contributed by atoms with Crippen LogP contribution in [-0.4, -0.2) is 26.4 Å². The first-order valence-electron chi connectivity index (χ1n) is 10.3. The summed E-state index contributed by atoms with van der Waals surface area (Å²) in [5.41, 5.74) is 8.60. The summed E-state index contributed by atoms with van der Waals surface area (Å²) in [6.45, 7) is 4.26. The number of halogens is 1. The minimum atomic E-state index is -0.508. The molecule has 0 spiro atoms. The number of thioether (sulfide) groups is 1. The van der Waals surface area contributed by atoms with Crippen molar-refractivity contribution in [2.45, 2.75) is 38.1 Å². The topological polar surface area (TPSA) is 95.1 Å². The molecule has 4 rings (SSSR count). The lowest BCUT2D eigenvalue weighted by Crippen LogP contribution is -2.31. The molecule has 3 N–H and O–H groups in total. The van der Waals surface area contributed by atoms with Gasteiger partial charge in [-0.15, -0.1) is 5.10 Å². The maximum absolute atomic E-state index is 12.4. The molecule has 166 valence electrons. The molecule has 1 unspecified atom stereocenters. The molecule has 9 heteroatoms. The Morgan fingerprint density at radius 1 is 1.28 bits per heavy atom. The largest absolute Gasteiger partial charge is 0.489 e. The number of aromatic nitrogens is 3. The molecule has 0 bridgehead atoms. The van der Waals surface area contributed by atoms with Crippen molar-refractivity contribution in [1.29, 1.82) is 0 Å². The Labute approximate surface area is 196 Å². The van der Waals surface area contributed by atoms with E-state index in [0.717, 1.165) is 23.3 Å². The van der Waals surface area contributed by atoms with E-state index < -0.39 is 11.9 Å². The van der Waals surface area contributed by atoms with Gasteiger partial charge in [0.1, 0.15) is 18.4 Å². The lowest BCUT2D eigenvalue weighted by atomic mass is 9.95. The minimum absolute atomic E-state index is 0.333. The van der Waals surface area contributed by atoms with E-state index in [0.29, 0.717) is 39.8 Å². The van der Waals surface area contributed by atoms with Gasteiger partial charge < -0.3 is 15.8 Å². The normalized spacial score (nSPS) is 15.3. The first-order chi connectivity index (χ1) is 15.5. The Balaban J connectivity index is 1.67. The molecule has 7 nitrogen and oxygen atoms in total. The van der Waals surface area contributed by atoms with Crippen molar-refractivity contribution in [2.75, 3.05) is 11.1 Å². The van der Waals surface area contributed by atoms with Gasteiger partial charge in [-0.25, -0.2) is 4.68 Å². The van der Waals surface area contributed by atoms with Crippen LogP contribution in [0.25, 0.3) is 0 Å². The molecule has 0 radical (unpaired) electrons. The Morgan fingerprint density at radius 3 is 2.84 bits per heavy atom. The summed E-state index contributed by atoms with van der Waals surface area (Å²) >= 11 is 7.82. The van der Waals surface area contributed by atoms with Crippen LogP contribution in [0.4, 0.5) is 5.95 Å². The number of ether oxygens (including phenoxy) is 1. The van der Waals surface area contributed by atoms with Crippen molar-refractivity contribution in [2.24, 2.45) is 5.73 Å². The second kappa shape index (κ2) is 9.67. The zero-order valence-electron chi connectivity index (χ0n) is 17.8. The van der Waals surface area contributed by atoms with Gasteiger partial charge in [-0.2, -0.15) is 4.98 Å². The fraction of sp³-hybridized carbons (Fsp3) is 0.261. The maximum atomic E-state index is 12.4. The van der Waals surface area contributed by atoms with Crippen LogP contribution in [0.2, 0.25) is 5.02 Å². The summed E-state index contributed by atoms with van der Waals surface area (Å²) in [6, 6.07) is 14.6. The van der Waals surface area contributed by atoms with E-state index >= 15 is 0 Å². The average molecular weight is 470 g/mol. The van der Waals surface area contributed by atoms with Gasteiger partial charge in [0.25, 0.3) is 0 Å². The number of nitrogens with zero attached hydrogens (tertiary/aromatic N) is 3. The Morgan fingerprint density at radius 2 is 2.09 bits per heavy atom. The SMILES string of the molecule is CCCSc1nc2n(n1)C(c1cccc(OCc3ccccc3Cl)c1)C(C(N)=O)=C(C)N2. The third kappa shape index (κ3) is 4.61.